The highest BCUT2D eigenvalue weighted by Crippen LogP contribution is 1.99. The average Bonchev–Trinajstić information content (AvgIpc) is 2.71. The molecule has 94 valence electrons. The van der Waals surface area contributed by atoms with E-state index in [0.29, 0.717) is 10.8 Å². The third kappa shape index (κ3) is 2.75. The second-order valence-corrected chi connectivity index (χ2v) is 5.14. The fourth-order valence-corrected chi connectivity index (χ4v) is 1.59. The molecule has 0 aliphatic heterocycles. The highest BCUT2D eigenvalue weighted by molar-refractivity contribution is 7.85. The van der Waals surface area contributed by atoms with Gasteiger partial charge in [0, 0.05) is 0 Å². The van der Waals surface area contributed by atoms with Crippen molar-refractivity contribution in [2.75, 3.05) is 6.26 Å². The van der Waals surface area contributed by atoms with Gasteiger partial charge < -0.3 is 4.42 Å². The molecule has 0 amide bonds. The molecule has 0 radical (unpaired) electrons. The third-order valence-electron chi connectivity index (χ3n) is 2.09. The number of hydrogen-bond donors (Lipinski definition) is 0. The third-order valence-corrected chi connectivity index (χ3v) is 2.43. The molecule has 18 heavy (non-hydrogen) atoms. The van der Waals surface area contributed by atoms with E-state index in [1.807, 2.05) is 12.2 Å². The lowest BCUT2D eigenvalue weighted by molar-refractivity contribution is 0.342. The molecule has 1 aromatic heterocycles. The molecule has 0 spiro atoms. The van der Waals surface area contributed by atoms with Crippen LogP contribution in [0.4, 0.5) is 0 Å². The molecular weight excluding hydrogens is 258 g/mol. The van der Waals surface area contributed by atoms with Crippen LogP contribution in [0.15, 0.2) is 9.57 Å². The van der Waals surface area contributed by atoms with Gasteiger partial charge in [0.25, 0.3) is 5.89 Å². The van der Waals surface area contributed by atoms with Gasteiger partial charge in [-0.25, -0.2) is 4.98 Å². The van der Waals surface area contributed by atoms with Gasteiger partial charge in [0.2, 0.25) is 5.71 Å². The van der Waals surface area contributed by atoms with Crippen LogP contribution in [-0.2, 0) is 14.4 Å². The molecule has 1 aliphatic rings. The fourth-order valence-electron chi connectivity index (χ4n) is 1.38. The first kappa shape index (κ1) is 12.3. The van der Waals surface area contributed by atoms with E-state index in [4.69, 9.17) is 9.68 Å². The molecule has 8 heteroatoms. The number of hydrogen-bond acceptors (Lipinski definition) is 7. The van der Waals surface area contributed by atoms with Gasteiger partial charge in [0.05, 0.1) is 6.26 Å². The zero-order valence-electron chi connectivity index (χ0n) is 9.45. The lowest BCUT2D eigenvalue weighted by atomic mass is 10.2. The molecule has 1 heterocycles. The minimum Gasteiger partial charge on any atom is -0.434 e. The smallest absolute Gasteiger partial charge is 0.325 e. The molecule has 0 N–H and O–H groups in total. The molecule has 0 aromatic carbocycles. The van der Waals surface area contributed by atoms with Crippen LogP contribution in [-0.4, -0.2) is 25.4 Å². The Balaban J connectivity index is 2.42. The Hall–Kier alpha value is -2.14. The minimum absolute atomic E-state index is 0.0550. The second-order valence-electron chi connectivity index (χ2n) is 3.58. The van der Waals surface area contributed by atoms with Crippen LogP contribution in [0.3, 0.4) is 0 Å². The molecule has 7 nitrogen and oxygen atoms in total. The second kappa shape index (κ2) is 4.62. The Morgan fingerprint density at radius 2 is 2.28 bits per heavy atom. The highest BCUT2D eigenvalue weighted by atomic mass is 32.2. The summed E-state index contributed by atoms with van der Waals surface area (Å²) in [6.07, 6.45) is 6.22. The Morgan fingerprint density at radius 3 is 2.89 bits per heavy atom. The zero-order valence-corrected chi connectivity index (χ0v) is 10.3. The number of nitriles is 1. The molecule has 2 rings (SSSR count). The summed E-state index contributed by atoms with van der Waals surface area (Å²) in [4.78, 5) is 4.04. The molecule has 1 aliphatic carbocycles. The molecule has 0 fully saturated rings. The van der Waals surface area contributed by atoms with Crippen LogP contribution in [0.2, 0.25) is 0 Å². The molecular formula is C10H9N3O4S. The zero-order chi connectivity index (χ0) is 13.2. The van der Waals surface area contributed by atoms with Crippen molar-refractivity contribution >= 4 is 28.0 Å². The van der Waals surface area contributed by atoms with Gasteiger partial charge in [-0.1, -0.05) is 6.08 Å². The van der Waals surface area contributed by atoms with Crippen molar-refractivity contribution in [2.24, 2.45) is 5.16 Å². The number of aromatic nitrogens is 1. The largest absolute Gasteiger partial charge is 0.434 e. The van der Waals surface area contributed by atoms with Crippen molar-refractivity contribution in [3.8, 4) is 6.07 Å². The predicted octanol–water partition coefficient (Wildman–Crippen LogP) is -0.767. The molecule has 1 aromatic rings. The first-order valence-corrected chi connectivity index (χ1v) is 6.85. The van der Waals surface area contributed by atoms with Crippen LogP contribution in [0.1, 0.15) is 18.7 Å². The van der Waals surface area contributed by atoms with E-state index >= 15 is 0 Å². The standard InChI is InChI=1S/C10H9N3O4S/c1-18(14,15)17-13-8(6-11)10-12-7-4-2-3-5-9(7)16-10/h4-5H,2-3H2,1H3/b13-8+. The van der Waals surface area contributed by atoms with Crippen molar-refractivity contribution in [1.82, 2.24) is 4.98 Å². The molecule has 0 saturated carbocycles. The van der Waals surface area contributed by atoms with E-state index in [1.165, 1.54) is 0 Å². The van der Waals surface area contributed by atoms with E-state index in [2.05, 4.69) is 14.4 Å². The maximum Gasteiger partial charge on any atom is 0.325 e. The summed E-state index contributed by atoms with van der Waals surface area (Å²) in [5.41, 5.74) is 0.232. The molecule has 0 atom stereocenters. The van der Waals surface area contributed by atoms with Gasteiger partial charge in [0.1, 0.15) is 11.4 Å². The predicted molar refractivity (Wildman–Crippen MR) is 62.0 cm³/mol. The number of rotatable bonds is 3. The fraction of sp³-hybridized carbons (Fsp3) is 0.300. The number of nitrogens with zero attached hydrogens (tertiary/aromatic N) is 3. The summed E-state index contributed by atoms with van der Waals surface area (Å²) in [7, 11) is -3.76. The maximum atomic E-state index is 10.8. The van der Waals surface area contributed by atoms with Gasteiger partial charge in [-0.15, -0.1) is 0 Å². The number of fused-ring (bicyclic) bond motifs is 1. The summed E-state index contributed by atoms with van der Waals surface area (Å²) >= 11 is 0. The minimum atomic E-state index is -3.76. The lowest BCUT2D eigenvalue weighted by Gasteiger charge is -1.92. The summed E-state index contributed by atoms with van der Waals surface area (Å²) in [5, 5.41) is 12.7. The number of oxazole rings is 1. The van der Waals surface area contributed by atoms with E-state index in [1.54, 1.807) is 6.07 Å². The SMILES string of the molecule is CS(=O)(=O)O/N=C(\C#N)c1nc2c(o1)=CCCC=2. The maximum absolute atomic E-state index is 10.8. The average molecular weight is 267 g/mol. The van der Waals surface area contributed by atoms with Gasteiger partial charge in [0.15, 0.2) is 5.42 Å². The Morgan fingerprint density at radius 1 is 1.56 bits per heavy atom. The Bertz CT molecular complexity index is 719. The van der Waals surface area contributed by atoms with E-state index < -0.39 is 10.1 Å². The van der Waals surface area contributed by atoms with Crippen LogP contribution in [0.25, 0.3) is 12.2 Å². The lowest BCUT2D eigenvalue weighted by Crippen LogP contribution is -2.23. The van der Waals surface area contributed by atoms with Crippen molar-refractivity contribution in [3.05, 3.63) is 16.7 Å². The van der Waals surface area contributed by atoms with Crippen LogP contribution >= 0.6 is 0 Å². The first-order chi connectivity index (χ1) is 8.49. The van der Waals surface area contributed by atoms with E-state index in [0.717, 1.165) is 19.1 Å². The van der Waals surface area contributed by atoms with Gasteiger partial charge in [-0.3, -0.25) is 4.28 Å². The summed E-state index contributed by atoms with van der Waals surface area (Å²) in [6, 6.07) is 1.68. The Labute approximate surface area is 103 Å². The molecule has 0 unspecified atom stereocenters. The van der Waals surface area contributed by atoms with E-state index in [9.17, 15) is 8.42 Å². The Kier molecular flexibility index (Phi) is 3.16. The topological polar surface area (TPSA) is 106 Å². The van der Waals surface area contributed by atoms with E-state index in [-0.39, 0.29) is 11.6 Å². The normalized spacial score (nSPS) is 15.0. The molecule has 0 saturated heterocycles. The monoisotopic (exact) mass is 267 g/mol. The van der Waals surface area contributed by atoms with Crippen molar-refractivity contribution in [1.29, 1.82) is 5.26 Å². The number of oxime groups is 1. The van der Waals surface area contributed by atoms with Crippen molar-refractivity contribution < 1.29 is 17.1 Å². The van der Waals surface area contributed by atoms with Gasteiger partial charge >= 0.3 is 10.1 Å². The van der Waals surface area contributed by atoms with Gasteiger partial charge in [-0.2, -0.15) is 13.7 Å². The first-order valence-electron chi connectivity index (χ1n) is 5.04. The summed E-state index contributed by atoms with van der Waals surface area (Å²) in [6.45, 7) is 0. The summed E-state index contributed by atoms with van der Waals surface area (Å²) < 4.78 is 31.0. The molecule has 0 bridgehead atoms. The van der Waals surface area contributed by atoms with Crippen molar-refractivity contribution in [3.63, 3.8) is 0 Å². The van der Waals surface area contributed by atoms with Crippen LogP contribution < -0.4 is 10.8 Å². The highest BCUT2D eigenvalue weighted by Gasteiger charge is 2.13. The van der Waals surface area contributed by atoms with Gasteiger partial charge in [-0.05, 0) is 24.1 Å². The summed E-state index contributed by atoms with van der Waals surface area (Å²) in [5.74, 6) is -0.0550. The van der Waals surface area contributed by atoms with Crippen molar-refractivity contribution in [2.45, 2.75) is 12.8 Å². The van der Waals surface area contributed by atoms with Crippen LogP contribution in [0, 0.1) is 11.3 Å². The quantitative estimate of drug-likeness (QED) is 0.526. The van der Waals surface area contributed by atoms with Crippen LogP contribution in [0.5, 0.6) is 0 Å².